The highest BCUT2D eigenvalue weighted by molar-refractivity contribution is 5.94. The largest absolute Gasteiger partial charge is 0.493 e. The third kappa shape index (κ3) is 4.21. The first-order valence-corrected chi connectivity index (χ1v) is 9.72. The summed E-state index contributed by atoms with van der Waals surface area (Å²) in [6, 6.07) is 16.9. The molecule has 1 saturated heterocycles. The molecule has 0 saturated carbocycles. The summed E-state index contributed by atoms with van der Waals surface area (Å²) in [6.07, 6.45) is 4.95. The average molecular weight is 389 g/mol. The lowest BCUT2D eigenvalue weighted by molar-refractivity contribution is 0.0711. The zero-order valence-electron chi connectivity index (χ0n) is 16.3. The highest BCUT2D eigenvalue weighted by Crippen LogP contribution is 2.36. The molecule has 6 heteroatoms. The highest BCUT2D eigenvalue weighted by Gasteiger charge is 2.28. The molecule has 1 aliphatic heterocycles. The number of carbonyl (C=O) groups is 1. The molecule has 2 heterocycles. The number of aromatic nitrogens is 2. The van der Waals surface area contributed by atoms with Gasteiger partial charge in [0, 0.05) is 37.0 Å². The Kier molecular flexibility index (Phi) is 5.70. The number of carbonyl (C=O) groups excluding carboxylic acids is 1. The van der Waals surface area contributed by atoms with Crippen molar-refractivity contribution in [1.82, 2.24) is 14.9 Å². The zero-order valence-corrected chi connectivity index (χ0v) is 16.3. The molecule has 0 radical (unpaired) electrons. The van der Waals surface area contributed by atoms with E-state index >= 15 is 0 Å². The summed E-state index contributed by atoms with van der Waals surface area (Å²) in [5, 5.41) is 0. The van der Waals surface area contributed by atoms with Gasteiger partial charge in [0.25, 0.3) is 5.91 Å². The lowest BCUT2D eigenvalue weighted by Gasteiger charge is -2.32. The van der Waals surface area contributed by atoms with Crippen LogP contribution in [0.25, 0.3) is 0 Å². The summed E-state index contributed by atoms with van der Waals surface area (Å²) in [5.41, 5.74) is 1.55. The predicted molar refractivity (Wildman–Crippen MR) is 109 cm³/mol. The van der Waals surface area contributed by atoms with E-state index in [4.69, 9.17) is 9.47 Å². The van der Waals surface area contributed by atoms with Gasteiger partial charge in [-0.05, 0) is 37.1 Å². The molecule has 3 aromatic rings. The second-order valence-electron chi connectivity index (χ2n) is 6.93. The number of para-hydroxylation sites is 2. The molecule has 0 atom stereocenters. The van der Waals surface area contributed by atoms with E-state index in [2.05, 4.69) is 9.97 Å². The van der Waals surface area contributed by atoms with E-state index < -0.39 is 0 Å². The van der Waals surface area contributed by atoms with Crippen LogP contribution < -0.4 is 9.47 Å². The van der Waals surface area contributed by atoms with Crippen LogP contribution in [-0.2, 0) is 0 Å². The van der Waals surface area contributed by atoms with E-state index in [9.17, 15) is 4.79 Å². The summed E-state index contributed by atoms with van der Waals surface area (Å²) >= 11 is 0. The van der Waals surface area contributed by atoms with Crippen LogP contribution in [0.5, 0.6) is 17.4 Å². The van der Waals surface area contributed by atoms with Crippen LogP contribution >= 0.6 is 0 Å². The van der Waals surface area contributed by atoms with Crippen molar-refractivity contribution >= 4 is 5.91 Å². The fourth-order valence-corrected chi connectivity index (χ4v) is 3.62. The zero-order chi connectivity index (χ0) is 20.1. The normalized spacial score (nSPS) is 14.4. The van der Waals surface area contributed by atoms with Crippen molar-refractivity contribution in [1.29, 1.82) is 0 Å². The predicted octanol–water partition coefficient (Wildman–Crippen LogP) is 4.30. The first kappa shape index (κ1) is 18.9. The van der Waals surface area contributed by atoms with Crippen molar-refractivity contribution in [2.24, 2.45) is 0 Å². The van der Waals surface area contributed by atoms with Crippen LogP contribution in [0.4, 0.5) is 0 Å². The molecule has 0 aliphatic carbocycles. The van der Waals surface area contributed by atoms with Crippen molar-refractivity contribution < 1.29 is 14.3 Å². The second-order valence-corrected chi connectivity index (χ2v) is 6.93. The fraction of sp³-hybridized carbons (Fsp3) is 0.261. The maximum absolute atomic E-state index is 12.7. The Balaban J connectivity index is 1.47. The Morgan fingerprint density at radius 3 is 2.31 bits per heavy atom. The number of nitrogens with zero attached hydrogens (tertiary/aromatic N) is 3. The van der Waals surface area contributed by atoms with Gasteiger partial charge >= 0.3 is 0 Å². The molecule has 2 aromatic carbocycles. The van der Waals surface area contributed by atoms with Gasteiger partial charge in [-0.3, -0.25) is 9.78 Å². The minimum atomic E-state index is 0.0775. The summed E-state index contributed by atoms with van der Waals surface area (Å²) < 4.78 is 11.4. The van der Waals surface area contributed by atoms with Crippen LogP contribution in [0, 0.1) is 0 Å². The molecule has 0 bridgehead atoms. The molecule has 0 N–H and O–H groups in total. The number of hydrogen-bond acceptors (Lipinski definition) is 5. The maximum Gasteiger partial charge on any atom is 0.253 e. The molecule has 29 heavy (non-hydrogen) atoms. The van der Waals surface area contributed by atoms with E-state index in [-0.39, 0.29) is 11.8 Å². The van der Waals surface area contributed by atoms with Crippen LogP contribution in [0.2, 0.25) is 0 Å². The standard InChI is InChI=1S/C23H23N3O3/c1-28-19-9-5-6-10-20(19)29-22-21(24-13-14-25-22)17-11-15-26(16-12-17)23(27)18-7-3-2-4-8-18/h2-10,13-14,17H,11-12,15-16H2,1H3. The number of amides is 1. The summed E-state index contributed by atoms with van der Waals surface area (Å²) in [5.74, 6) is 2.01. The Bertz CT molecular complexity index is 970. The molecule has 6 nitrogen and oxygen atoms in total. The van der Waals surface area contributed by atoms with Crippen LogP contribution in [0.3, 0.4) is 0 Å². The molecule has 1 amide bonds. The second kappa shape index (κ2) is 8.73. The monoisotopic (exact) mass is 389 g/mol. The first-order chi connectivity index (χ1) is 14.3. The SMILES string of the molecule is COc1ccccc1Oc1nccnc1C1CCN(C(=O)c2ccccc2)CC1. The van der Waals surface area contributed by atoms with Crippen LogP contribution in [0.1, 0.15) is 34.8 Å². The van der Waals surface area contributed by atoms with Gasteiger partial charge in [0.15, 0.2) is 11.5 Å². The van der Waals surface area contributed by atoms with E-state index in [1.807, 2.05) is 59.5 Å². The Hall–Kier alpha value is -3.41. The van der Waals surface area contributed by atoms with Gasteiger partial charge in [0.2, 0.25) is 5.88 Å². The first-order valence-electron chi connectivity index (χ1n) is 9.72. The van der Waals surface area contributed by atoms with Crippen LogP contribution in [-0.4, -0.2) is 41.0 Å². The number of piperidine rings is 1. The van der Waals surface area contributed by atoms with E-state index in [0.717, 1.165) is 24.1 Å². The molecule has 1 aliphatic rings. The molecule has 0 spiro atoms. The molecular weight excluding hydrogens is 366 g/mol. The van der Waals surface area contributed by atoms with Crippen molar-refractivity contribution in [3.63, 3.8) is 0 Å². The molecule has 1 fully saturated rings. The molecule has 4 rings (SSSR count). The van der Waals surface area contributed by atoms with E-state index in [1.165, 1.54) is 0 Å². The third-order valence-electron chi connectivity index (χ3n) is 5.16. The van der Waals surface area contributed by atoms with Gasteiger partial charge in [-0.15, -0.1) is 0 Å². The lowest BCUT2D eigenvalue weighted by Crippen LogP contribution is -2.38. The number of rotatable bonds is 5. The van der Waals surface area contributed by atoms with Gasteiger partial charge < -0.3 is 14.4 Å². The van der Waals surface area contributed by atoms with Crippen LogP contribution in [0.15, 0.2) is 67.0 Å². The Morgan fingerprint density at radius 2 is 1.59 bits per heavy atom. The van der Waals surface area contributed by atoms with Gasteiger partial charge in [0.1, 0.15) is 5.69 Å². The Morgan fingerprint density at radius 1 is 0.931 bits per heavy atom. The van der Waals surface area contributed by atoms with E-state index in [1.54, 1.807) is 19.5 Å². The summed E-state index contributed by atoms with van der Waals surface area (Å²) in [4.78, 5) is 23.5. The fourth-order valence-electron chi connectivity index (χ4n) is 3.62. The molecule has 148 valence electrons. The average Bonchev–Trinajstić information content (AvgIpc) is 2.80. The number of hydrogen-bond donors (Lipinski definition) is 0. The van der Waals surface area contributed by atoms with Crippen molar-refractivity contribution in [3.8, 4) is 17.4 Å². The molecule has 0 unspecified atom stereocenters. The molecule has 1 aromatic heterocycles. The summed E-state index contributed by atoms with van der Waals surface area (Å²) in [6.45, 7) is 1.37. The van der Waals surface area contributed by atoms with Gasteiger partial charge in [-0.2, -0.15) is 0 Å². The van der Waals surface area contributed by atoms with Gasteiger partial charge in [-0.25, -0.2) is 4.98 Å². The van der Waals surface area contributed by atoms with Crippen molar-refractivity contribution in [2.45, 2.75) is 18.8 Å². The molecular formula is C23H23N3O3. The smallest absolute Gasteiger partial charge is 0.253 e. The topological polar surface area (TPSA) is 64.6 Å². The minimum absolute atomic E-state index is 0.0775. The number of likely N-dealkylation sites (tertiary alicyclic amines) is 1. The van der Waals surface area contributed by atoms with Crippen molar-refractivity contribution in [2.75, 3.05) is 20.2 Å². The quantitative estimate of drug-likeness (QED) is 0.651. The minimum Gasteiger partial charge on any atom is -0.493 e. The number of ether oxygens (including phenoxy) is 2. The van der Waals surface area contributed by atoms with Gasteiger partial charge in [-0.1, -0.05) is 30.3 Å². The Labute approximate surface area is 170 Å². The highest BCUT2D eigenvalue weighted by atomic mass is 16.5. The number of methoxy groups -OCH3 is 1. The number of benzene rings is 2. The maximum atomic E-state index is 12.7. The third-order valence-corrected chi connectivity index (χ3v) is 5.16. The van der Waals surface area contributed by atoms with Gasteiger partial charge in [0.05, 0.1) is 7.11 Å². The van der Waals surface area contributed by atoms with Crippen molar-refractivity contribution in [3.05, 3.63) is 78.2 Å². The summed E-state index contributed by atoms with van der Waals surface area (Å²) in [7, 11) is 1.61. The van der Waals surface area contributed by atoms with E-state index in [0.29, 0.717) is 30.5 Å². The lowest BCUT2D eigenvalue weighted by atomic mass is 9.93.